The van der Waals surface area contributed by atoms with Gasteiger partial charge in [-0.1, -0.05) is 6.92 Å². The quantitative estimate of drug-likeness (QED) is 0.566. The normalized spacial score (nSPS) is 12.2. The molecule has 3 N–H and O–H groups in total. The molecular weight excluding hydrogens is 272 g/mol. The lowest BCUT2D eigenvalue weighted by atomic mass is 10.2. The van der Waals surface area contributed by atoms with Crippen molar-refractivity contribution in [1.82, 2.24) is 9.97 Å². The maximum Gasteiger partial charge on any atom is 0.158 e. The maximum absolute atomic E-state index is 9.61. The number of nitrogens with one attached hydrogen (secondary N) is 2. The van der Waals surface area contributed by atoms with Gasteiger partial charge in [0.1, 0.15) is 18.2 Å². The van der Waals surface area contributed by atoms with Gasteiger partial charge in [-0.25, -0.2) is 9.97 Å². The SMILES string of the molecule is CCCNc1cc(NCCC(O)COC)nc(COC)n1. The smallest absolute Gasteiger partial charge is 0.158 e. The van der Waals surface area contributed by atoms with Crippen LogP contribution in [-0.4, -0.2) is 55.1 Å². The molecule has 0 saturated carbocycles. The second-order valence-corrected chi connectivity index (χ2v) is 4.74. The molecule has 0 aliphatic rings. The Morgan fingerprint density at radius 1 is 1.14 bits per heavy atom. The summed E-state index contributed by atoms with van der Waals surface area (Å²) in [6.45, 7) is 4.27. The summed E-state index contributed by atoms with van der Waals surface area (Å²) in [4.78, 5) is 8.75. The molecule has 0 spiro atoms. The van der Waals surface area contributed by atoms with Gasteiger partial charge in [0.15, 0.2) is 5.82 Å². The van der Waals surface area contributed by atoms with E-state index in [1.807, 2.05) is 6.07 Å². The number of rotatable bonds is 11. The molecule has 1 heterocycles. The first-order valence-corrected chi connectivity index (χ1v) is 7.21. The van der Waals surface area contributed by atoms with Crippen LogP contribution in [0.5, 0.6) is 0 Å². The number of aliphatic hydroxyl groups excluding tert-OH is 1. The van der Waals surface area contributed by atoms with Crippen molar-refractivity contribution in [3.63, 3.8) is 0 Å². The highest BCUT2D eigenvalue weighted by Crippen LogP contribution is 2.12. The monoisotopic (exact) mass is 298 g/mol. The van der Waals surface area contributed by atoms with E-state index in [-0.39, 0.29) is 0 Å². The third-order valence-electron chi connectivity index (χ3n) is 2.74. The molecule has 7 heteroatoms. The van der Waals surface area contributed by atoms with E-state index in [0.717, 1.165) is 24.6 Å². The molecule has 0 saturated heterocycles. The summed E-state index contributed by atoms with van der Waals surface area (Å²) in [6.07, 6.45) is 1.14. The van der Waals surface area contributed by atoms with Crippen LogP contribution in [0.25, 0.3) is 0 Å². The Balaban J connectivity index is 2.59. The molecule has 21 heavy (non-hydrogen) atoms. The van der Waals surface area contributed by atoms with E-state index in [0.29, 0.717) is 32.0 Å². The minimum atomic E-state index is -0.472. The molecule has 0 fully saturated rings. The van der Waals surface area contributed by atoms with Crippen LogP contribution in [0.3, 0.4) is 0 Å². The van der Waals surface area contributed by atoms with Crippen LogP contribution in [0.4, 0.5) is 11.6 Å². The summed E-state index contributed by atoms with van der Waals surface area (Å²) in [5.41, 5.74) is 0. The molecule has 1 atom stereocenters. The number of hydrogen-bond donors (Lipinski definition) is 3. The van der Waals surface area contributed by atoms with Gasteiger partial charge in [-0.15, -0.1) is 0 Å². The number of methoxy groups -OCH3 is 2. The predicted molar refractivity (Wildman–Crippen MR) is 82.5 cm³/mol. The van der Waals surface area contributed by atoms with Gasteiger partial charge in [-0.3, -0.25) is 0 Å². The molecular formula is C14H26N4O3. The van der Waals surface area contributed by atoms with Gasteiger partial charge in [-0.2, -0.15) is 0 Å². The second kappa shape index (κ2) is 10.3. The second-order valence-electron chi connectivity index (χ2n) is 4.74. The molecule has 7 nitrogen and oxygen atoms in total. The lowest BCUT2D eigenvalue weighted by Gasteiger charge is -2.12. The molecule has 0 aromatic carbocycles. The first kappa shape index (κ1) is 17.6. The van der Waals surface area contributed by atoms with Gasteiger partial charge in [0.05, 0.1) is 12.7 Å². The van der Waals surface area contributed by atoms with Crippen molar-refractivity contribution in [3.05, 3.63) is 11.9 Å². The first-order valence-electron chi connectivity index (χ1n) is 7.21. The van der Waals surface area contributed by atoms with Crippen molar-refractivity contribution >= 4 is 11.6 Å². The van der Waals surface area contributed by atoms with Gasteiger partial charge < -0.3 is 25.2 Å². The van der Waals surface area contributed by atoms with E-state index in [2.05, 4.69) is 27.5 Å². The lowest BCUT2D eigenvalue weighted by molar-refractivity contribution is 0.0615. The number of aromatic nitrogens is 2. The Labute approximate surface area is 126 Å². The summed E-state index contributed by atoms with van der Waals surface area (Å²) in [5.74, 6) is 2.12. The van der Waals surface area contributed by atoms with E-state index < -0.39 is 6.10 Å². The number of aliphatic hydroxyl groups is 1. The highest BCUT2D eigenvalue weighted by molar-refractivity contribution is 5.47. The van der Waals surface area contributed by atoms with Crippen LogP contribution in [0.15, 0.2) is 6.07 Å². The molecule has 1 unspecified atom stereocenters. The van der Waals surface area contributed by atoms with Crippen LogP contribution in [0.2, 0.25) is 0 Å². The third-order valence-corrected chi connectivity index (χ3v) is 2.74. The van der Waals surface area contributed by atoms with Crippen molar-refractivity contribution in [1.29, 1.82) is 0 Å². The number of nitrogens with zero attached hydrogens (tertiary/aromatic N) is 2. The zero-order valence-electron chi connectivity index (χ0n) is 13.1. The Morgan fingerprint density at radius 2 is 1.81 bits per heavy atom. The van der Waals surface area contributed by atoms with Gasteiger partial charge in [0.2, 0.25) is 0 Å². The Kier molecular flexibility index (Phi) is 8.65. The van der Waals surface area contributed by atoms with Crippen molar-refractivity contribution in [2.75, 3.05) is 44.5 Å². The standard InChI is InChI=1S/C14H26N4O3/c1-4-6-15-12-8-13(18-14(17-12)10-21-3)16-7-5-11(19)9-20-2/h8,11,19H,4-7,9-10H2,1-3H3,(H2,15,16,17,18). The highest BCUT2D eigenvalue weighted by atomic mass is 16.5. The molecule has 1 aromatic heterocycles. The molecule has 0 aliphatic heterocycles. The Hall–Kier alpha value is -1.44. The summed E-state index contributed by atoms with van der Waals surface area (Å²) in [5, 5.41) is 16.0. The van der Waals surface area contributed by atoms with Gasteiger partial charge in [0.25, 0.3) is 0 Å². The molecule has 1 rings (SSSR count). The predicted octanol–water partition coefficient (Wildman–Crippen LogP) is 1.25. The van der Waals surface area contributed by atoms with Crippen LogP contribution < -0.4 is 10.6 Å². The molecule has 0 amide bonds. The fraction of sp³-hybridized carbons (Fsp3) is 0.714. The van der Waals surface area contributed by atoms with Gasteiger partial charge >= 0.3 is 0 Å². The maximum atomic E-state index is 9.61. The van der Waals surface area contributed by atoms with E-state index >= 15 is 0 Å². The Bertz CT molecular complexity index is 404. The summed E-state index contributed by atoms with van der Waals surface area (Å²) < 4.78 is 9.97. The minimum Gasteiger partial charge on any atom is -0.391 e. The van der Waals surface area contributed by atoms with Gasteiger partial charge in [0, 0.05) is 33.4 Å². The number of hydrogen-bond acceptors (Lipinski definition) is 7. The first-order chi connectivity index (χ1) is 10.2. The number of ether oxygens (including phenoxy) is 2. The zero-order valence-corrected chi connectivity index (χ0v) is 13.1. The van der Waals surface area contributed by atoms with E-state index in [9.17, 15) is 5.11 Å². The van der Waals surface area contributed by atoms with Gasteiger partial charge in [-0.05, 0) is 12.8 Å². The van der Waals surface area contributed by atoms with Crippen molar-refractivity contribution in [2.45, 2.75) is 32.5 Å². The van der Waals surface area contributed by atoms with Crippen molar-refractivity contribution < 1.29 is 14.6 Å². The highest BCUT2D eigenvalue weighted by Gasteiger charge is 2.06. The van der Waals surface area contributed by atoms with Crippen LogP contribution in [0, 0.1) is 0 Å². The fourth-order valence-electron chi connectivity index (χ4n) is 1.77. The molecule has 0 aliphatic carbocycles. The fourth-order valence-corrected chi connectivity index (χ4v) is 1.77. The molecule has 0 bridgehead atoms. The minimum absolute atomic E-state index is 0.337. The largest absolute Gasteiger partial charge is 0.391 e. The summed E-state index contributed by atoms with van der Waals surface area (Å²) in [7, 11) is 3.19. The average molecular weight is 298 g/mol. The molecule has 120 valence electrons. The van der Waals surface area contributed by atoms with E-state index in [1.54, 1.807) is 14.2 Å². The zero-order chi connectivity index (χ0) is 15.5. The van der Waals surface area contributed by atoms with Crippen molar-refractivity contribution in [2.24, 2.45) is 0 Å². The topological polar surface area (TPSA) is 88.5 Å². The molecule has 1 aromatic rings. The summed E-state index contributed by atoms with van der Waals surface area (Å²) in [6, 6.07) is 1.86. The van der Waals surface area contributed by atoms with Crippen molar-refractivity contribution in [3.8, 4) is 0 Å². The number of anilines is 2. The third kappa shape index (κ3) is 7.22. The van der Waals surface area contributed by atoms with Crippen LogP contribution in [-0.2, 0) is 16.1 Å². The van der Waals surface area contributed by atoms with Crippen LogP contribution >= 0.6 is 0 Å². The average Bonchev–Trinajstić information content (AvgIpc) is 2.45. The van der Waals surface area contributed by atoms with E-state index in [4.69, 9.17) is 9.47 Å². The molecule has 0 radical (unpaired) electrons. The summed E-state index contributed by atoms with van der Waals surface area (Å²) >= 11 is 0. The Morgan fingerprint density at radius 3 is 2.38 bits per heavy atom. The van der Waals surface area contributed by atoms with E-state index in [1.165, 1.54) is 0 Å². The van der Waals surface area contributed by atoms with Crippen LogP contribution in [0.1, 0.15) is 25.6 Å². The lowest BCUT2D eigenvalue weighted by Crippen LogP contribution is -2.19.